The monoisotopic (exact) mass is 292 g/mol. The van der Waals surface area contributed by atoms with E-state index in [1.165, 1.54) is 0 Å². The number of hydrogen-bond acceptors (Lipinski definition) is 3. The molecule has 1 aromatic heterocycles. The van der Waals surface area contributed by atoms with Crippen LogP contribution in [0.1, 0.15) is 38.0 Å². The van der Waals surface area contributed by atoms with Gasteiger partial charge in [-0.05, 0) is 24.2 Å². The maximum absolute atomic E-state index is 6.35. The highest BCUT2D eigenvalue weighted by Crippen LogP contribution is 2.21. The first kappa shape index (κ1) is 15.0. The lowest BCUT2D eigenvalue weighted by atomic mass is 10.2. The van der Waals surface area contributed by atoms with Crippen LogP contribution in [0, 0.1) is 0 Å². The number of benzene rings is 1. The Kier molecular flexibility index (Phi) is 5.15. The normalized spacial score (nSPS) is 11.0. The fourth-order valence-corrected chi connectivity index (χ4v) is 2.29. The third-order valence-electron chi connectivity index (χ3n) is 3.20. The van der Waals surface area contributed by atoms with Crippen molar-refractivity contribution in [1.29, 1.82) is 0 Å². The van der Waals surface area contributed by atoms with E-state index in [1.807, 2.05) is 22.9 Å². The van der Waals surface area contributed by atoms with E-state index in [0.29, 0.717) is 0 Å². The van der Waals surface area contributed by atoms with Gasteiger partial charge in [-0.2, -0.15) is 5.10 Å². The van der Waals surface area contributed by atoms with Gasteiger partial charge in [0, 0.05) is 24.4 Å². The molecule has 1 heterocycles. The molecule has 0 bridgehead atoms. The molecule has 0 aliphatic carbocycles. The molecule has 108 valence electrons. The van der Waals surface area contributed by atoms with Crippen molar-refractivity contribution < 1.29 is 0 Å². The van der Waals surface area contributed by atoms with Crippen molar-refractivity contribution in [2.45, 2.75) is 40.2 Å². The minimum atomic E-state index is 0.763. The average Bonchev–Trinajstić information content (AvgIpc) is 2.89. The van der Waals surface area contributed by atoms with E-state index in [0.717, 1.165) is 53.9 Å². The van der Waals surface area contributed by atoms with Crippen LogP contribution in [0.25, 0.3) is 5.69 Å². The quantitative estimate of drug-likeness (QED) is 0.889. The molecule has 0 unspecified atom stereocenters. The predicted octanol–water partition coefficient (Wildman–Crippen LogP) is 3.16. The van der Waals surface area contributed by atoms with E-state index < -0.39 is 0 Å². The first-order valence-corrected chi connectivity index (χ1v) is 7.51. The van der Waals surface area contributed by atoms with E-state index in [4.69, 9.17) is 11.6 Å². The Morgan fingerprint density at radius 3 is 2.60 bits per heavy atom. The standard InChI is InChI=1S/C15H21ClN4/c1-4-14-18-15(5-2)20(19-14)12-8-7-11(10-17-6-3)13(16)9-12/h7-9,17H,4-6,10H2,1-3H3. The lowest BCUT2D eigenvalue weighted by Crippen LogP contribution is -2.12. The van der Waals surface area contributed by atoms with Crippen molar-refractivity contribution in [2.24, 2.45) is 0 Å². The van der Waals surface area contributed by atoms with Crippen LogP contribution >= 0.6 is 11.6 Å². The molecule has 0 saturated carbocycles. The van der Waals surface area contributed by atoms with Crippen molar-refractivity contribution >= 4 is 11.6 Å². The van der Waals surface area contributed by atoms with Crippen LogP contribution in [0.2, 0.25) is 5.02 Å². The van der Waals surface area contributed by atoms with Gasteiger partial charge in [0.15, 0.2) is 5.82 Å². The Balaban J connectivity index is 2.33. The molecule has 0 amide bonds. The Morgan fingerprint density at radius 1 is 1.20 bits per heavy atom. The zero-order chi connectivity index (χ0) is 14.5. The Labute approximate surface area is 125 Å². The van der Waals surface area contributed by atoms with Gasteiger partial charge in [0.1, 0.15) is 5.82 Å². The topological polar surface area (TPSA) is 42.7 Å². The number of hydrogen-bond donors (Lipinski definition) is 1. The summed E-state index contributed by atoms with van der Waals surface area (Å²) in [4.78, 5) is 4.52. The summed E-state index contributed by atoms with van der Waals surface area (Å²) in [5.41, 5.74) is 2.07. The highest BCUT2D eigenvalue weighted by atomic mass is 35.5. The van der Waals surface area contributed by atoms with Crippen LogP contribution in [0.3, 0.4) is 0 Å². The summed E-state index contributed by atoms with van der Waals surface area (Å²) in [7, 11) is 0. The first-order chi connectivity index (χ1) is 9.69. The molecule has 0 aliphatic heterocycles. The van der Waals surface area contributed by atoms with E-state index in [1.54, 1.807) is 0 Å². The van der Waals surface area contributed by atoms with Crippen LogP contribution in [-0.2, 0) is 19.4 Å². The van der Waals surface area contributed by atoms with Crippen LogP contribution in [0.4, 0.5) is 0 Å². The molecule has 1 aromatic carbocycles. The smallest absolute Gasteiger partial charge is 0.151 e. The summed E-state index contributed by atoms with van der Waals surface area (Å²) >= 11 is 6.35. The second-order valence-corrected chi connectivity index (χ2v) is 5.03. The fourth-order valence-electron chi connectivity index (χ4n) is 2.05. The van der Waals surface area contributed by atoms with Gasteiger partial charge in [-0.15, -0.1) is 0 Å². The van der Waals surface area contributed by atoms with Crippen molar-refractivity contribution in [3.05, 3.63) is 40.4 Å². The molecule has 0 atom stereocenters. The van der Waals surface area contributed by atoms with Crippen LogP contribution in [0.15, 0.2) is 18.2 Å². The number of nitrogens with one attached hydrogen (secondary N) is 1. The van der Waals surface area contributed by atoms with Gasteiger partial charge >= 0.3 is 0 Å². The summed E-state index contributed by atoms with van der Waals surface area (Å²) in [6.07, 6.45) is 1.69. The molecule has 2 rings (SSSR count). The van der Waals surface area contributed by atoms with E-state index >= 15 is 0 Å². The molecule has 1 N–H and O–H groups in total. The summed E-state index contributed by atoms with van der Waals surface area (Å²) in [5.74, 6) is 1.84. The minimum Gasteiger partial charge on any atom is -0.313 e. The molecule has 20 heavy (non-hydrogen) atoms. The molecule has 0 radical (unpaired) electrons. The fraction of sp³-hybridized carbons (Fsp3) is 0.467. The van der Waals surface area contributed by atoms with E-state index in [2.05, 4.69) is 36.2 Å². The van der Waals surface area contributed by atoms with Gasteiger partial charge in [-0.25, -0.2) is 9.67 Å². The summed E-state index contributed by atoms with van der Waals surface area (Å²) in [6, 6.07) is 6.06. The number of nitrogens with zero attached hydrogens (tertiary/aromatic N) is 3. The number of aryl methyl sites for hydroxylation is 2. The third kappa shape index (κ3) is 3.19. The second kappa shape index (κ2) is 6.86. The summed E-state index contributed by atoms with van der Waals surface area (Å²) < 4.78 is 1.89. The van der Waals surface area contributed by atoms with Gasteiger partial charge in [0.25, 0.3) is 0 Å². The zero-order valence-electron chi connectivity index (χ0n) is 12.3. The average molecular weight is 293 g/mol. The van der Waals surface area contributed by atoms with Crippen LogP contribution in [-0.4, -0.2) is 21.3 Å². The van der Waals surface area contributed by atoms with Crippen LogP contribution < -0.4 is 5.32 Å². The largest absolute Gasteiger partial charge is 0.313 e. The molecular weight excluding hydrogens is 272 g/mol. The van der Waals surface area contributed by atoms with Gasteiger partial charge in [0.05, 0.1) is 5.69 Å². The molecule has 0 spiro atoms. The van der Waals surface area contributed by atoms with Crippen molar-refractivity contribution in [3.63, 3.8) is 0 Å². The molecular formula is C15H21ClN4. The Morgan fingerprint density at radius 2 is 2.00 bits per heavy atom. The molecule has 0 aliphatic rings. The molecule has 4 nitrogen and oxygen atoms in total. The highest BCUT2D eigenvalue weighted by molar-refractivity contribution is 6.31. The highest BCUT2D eigenvalue weighted by Gasteiger charge is 2.10. The SMILES string of the molecule is CCNCc1ccc(-n2nc(CC)nc2CC)cc1Cl. The number of rotatable bonds is 6. The maximum Gasteiger partial charge on any atom is 0.151 e. The lowest BCUT2D eigenvalue weighted by molar-refractivity contribution is 0.726. The van der Waals surface area contributed by atoms with E-state index in [-0.39, 0.29) is 0 Å². The van der Waals surface area contributed by atoms with Gasteiger partial charge < -0.3 is 5.32 Å². The molecule has 0 fully saturated rings. The predicted molar refractivity (Wildman–Crippen MR) is 82.5 cm³/mol. The van der Waals surface area contributed by atoms with Crippen molar-refractivity contribution in [2.75, 3.05) is 6.54 Å². The lowest BCUT2D eigenvalue weighted by Gasteiger charge is -2.09. The van der Waals surface area contributed by atoms with E-state index in [9.17, 15) is 0 Å². The van der Waals surface area contributed by atoms with Gasteiger partial charge in [-0.3, -0.25) is 0 Å². The Hall–Kier alpha value is -1.39. The van der Waals surface area contributed by atoms with Gasteiger partial charge in [0.2, 0.25) is 0 Å². The number of aromatic nitrogens is 3. The molecule has 0 saturated heterocycles. The number of halogens is 1. The maximum atomic E-state index is 6.35. The van der Waals surface area contributed by atoms with Crippen LogP contribution in [0.5, 0.6) is 0 Å². The summed E-state index contributed by atoms with van der Waals surface area (Å²) in [5, 5.41) is 8.58. The third-order valence-corrected chi connectivity index (χ3v) is 3.55. The molecule has 2 aromatic rings. The van der Waals surface area contributed by atoms with Gasteiger partial charge in [-0.1, -0.05) is 38.4 Å². The Bertz CT molecular complexity index is 577. The first-order valence-electron chi connectivity index (χ1n) is 7.13. The second-order valence-electron chi connectivity index (χ2n) is 4.62. The zero-order valence-corrected chi connectivity index (χ0v) is 13.0. The minimum absolute atomic E-state index is 0.763. The summed E-state index contributed by atoms with van der Waals surface area (Å²) in [6.45, 7) is 7.94. The molecule has 5 heteroatoms. The van der Waals surface area contributed by atoms with Crippen molar-refractivity contribution in [1.82, 2.24) is 20.1 Å². The van der Waals surface area contributed by atoms with Crippen molar-refractivity contribution in [3.8, 4) is 5.69 Å².